The van der Waals surface area contributed by atoms with Crippen molar-refractivity contribution in [3.05, 3.63) is 35.9 Å². The van der Waals surface area contributed by atoms with E-state index in [4.69, 9.17) is 4.52 Å². The van der Waals surface area contributed by atoms with Crippen LogP contribution in [0.4, 0.5) is 4.39 Å². The first-order valence-electron chi connectivity index (χ1n) is 6.13. The summed E-state index contributed by atoms with van der Waals surface area (Å²) in [6.45, 7) is 1.95. The highest BCUT2D eigenvalue weighted by Crippen LogP contribution is 2.24. The molecule has 1 fully saturated rings. The molecule has 1 aromatic carbocycles. The van der Waals surface area contributed by atoms with Crippen LogP contribution in [-0.2, 0) is 0 Å². The fourth-order valence-electron chi connectivity index (χ4n) is 2.18. The largest absolute Gasteiger partial charge is 0.334 e. The molecule has 3 rings (SSSR count). The average Bonchev–Trinajstić information content (AvgIpc) is 2.90. The molecule has 0 spiro atoms. The molecule has 1 aliphatic heterocycles. The maximum atomic E-state index is 12.8. The van der Waals surface area contributed by atoms with E-state index in [9.17, 15) is 4.39 Å². The van der Waals surface area contributed by atoms with Gasteiger partial charge in [-0.15, -0.1) is 0 Å². The van der Waals surface area contributed by atoms with Gasteiger partial charge in [0.15, 0.2) is 5.82 Å². The molecular formula is C13H14FN3O. The van der Waals surface area contributed by atoms with Gasteiger partial charge in [0.2, 0.25) is 0 Å². The predicted molar refractivity (Wildman–Crippen MR) is 64.5 cm³/mol. The molecule has 1 N–H and O–H groups in total. The predicted octanol–water partition coefficient (Wildman–Crippen LogP) is 2.34. The van der Waals surface area contributed by atoms with Gasteiger partial charge in [0.05, 0.1) is 0 Å². The summed E-state index contributed by atoms with van der Waals surface area (Å²) in [5.41, 5.74) is 0.749. The lowest BCUT2D eigenvalue weighted by Crippen LogP contribution is -2.28. The molecule has 2 aromatic rings. The summed E-state index contributed by atoms with van der Waals surface area (Å²) in [7, 11) is 0. The van der Waals surface area contributed by atoms with Crippen LogP contribution in [0.1, 0.15) is 24.6 Å². The van der Waals surface area contributed by atoms with Crippen LogP contribution in [0.3, 0.4) is 0 Å². The van der Waals surface area contributed by atoms with E-state index in [0.717, 1.165) is 37.3 Å². The Balaban J connectivity index is 1.82. The highest BCUT2D eigenvalue weighted by Gasteiger charge is 2.21. The molecule has 1 atom stereocenters. The van der Waals surface area contributed by atoms with Crippen molar-refractivity contribution in [2.45, 2.75) is 18.8 Å². The third kappa shape index (κ3) is 2.26. The van der Waals surface area contributed by atoms with E-state index < -0.39 is 0 Å². The average molecular weight is 247 g/mol. The van der Waals surface area contributed by atoms with Crippen LogP contribution in [0.5, 0.6) is 0 Å². The second-order valence-electron chi connectivity index (χ2n) is 4.51. The Hall–Kier alpha value is -1.75. The molecule has 0 bridgehead atoms. The molecule has 1 saturated heterocycles. The Kier molecular flexibility index (Phi) is 3.06. The maximum Gasteiger partial charge on any atom is 0.257 e. The van der Waals surface area contributed by atoms with Crippen LogP contribution in [0.2, 0.25) is 0 Å². The second-order valence-corrected chi connectivity index (χ2v) is 4.51. The Morgan fingerprint density at radius 3 is 2.83 bits per heavy atom. The van der Waals surface area contributed by atoms with Crippen molar-refractivity contribution >= 4 is 0 Å². The number of rotatable bonds is 2. The first-order chi connectivity index (χ1) is 8.83. The van der Waals surface area contributed by atoms with Gasteiger partial charge in [0.1, 0.15) is 5.82 Å². The number of hydrogen-bond acceptors (Lipinski definition) is 4. The lowest BCUT2D eigenvalue weighted by molar-refractivity contribution is 0.393. The Morgan fingerprint density at radius 2 is 2.11 bits per heavy atom. The summed E-state index contributed by atoms with van der Waals surface area (Å²) in [5.74, 6) is 1.24. The Labute approximate surface area is 104 Å². The number of halogens is 1. The normalized spacial score (nSPS) is 19.9. The number of benzene rings is 1. The van der Waals surface area contributed by atoms with Crippen LogP contribution in [0.25, 0.3) is 11.5 Å². The van der Waals surface area contributed by atoms with Crippen LogP contribution >= 0.6 is 0 Å². The fourth-order valence-corrected chi connectivity index (χ4v) is 2.18. The monoisotopic (exact) mass is 247 g/mol. The molecule has 0 aliphatic carbocycles. The molecular weight excluding hydrogens is 233 g/mol. The molecule has 0 amide bonds. The molecule has 1 unspecified atom stereocenters. The highest BCUT2D eigenvalue weighted by molar-refractivity contribution is 5.52. The number of piperidine rings is 1. The molecule has 0 saturated carbocycles. The quantitative estimate of drug-likeness (QED) is 0.885. The zero-order chi connectivity index (χ0) is 12.4. The van der Waals surface area contributed by atoms with E-state index in [1.165, 1.54) is 12.1 Å². The summed E-state index contributed by atoms with van der Waals surface area (Å²) in [5, 5.41) is 7.34. The number of nitrogens with zero attached hydrogens (tertiary/aromatic N) is 2. The van der Waals surface area contributed by atoms with E-state index >= 15 is 0 Å². The number of nitrogens with one attached hydrogen (secondary N) is 1. The van der Waals surface area contributed by atoms with Crippen molar-refractivity contribution in [1.29, 1.82) is 0 Å². The molecule has 1 aromatic heterocycles. The van der Waals surface area contributed by atoms with Crippen LogP contribution in [0.15, 0.2) is 28.8 Å². The SMILES string of the molecule is Fc1ccc(-c2nc(C3CCCNC3)no2)cc1. The van der Waals surface area contributed by atoms with Crippen LogP contribution in [-0.4, -0.2) is 23.2 Å². The summed E-state index contributed by atoms with van der Waals surface area (Å²) in [4.78, 5) is 4.39. The van der Waals surface area contributed by atoms with E-state index in [2.05, 4.69) is 15.5 Å². The van der Waals surface area contributed by atoms with Crippen molar-refractivity contribution in [1.82, 2.24) is 15.5 Å². The van der Waals surface area contributed by atoms with Crippen LogP contribution in [0, 0.1) is 5.82 Å². The van der Waals surface area contributed by atoms with Gasteiger partial charge in [-0.2, -0.15) is 4.98 Å². The van der Waals surface area contributed by atoms with Crippen molar-refractivity contribution in [3.63, 3.8) is 0 Å². The second kappa shape index (κ2) is 4.86. The van der Waals surface area contributed by atoms with Gasteiger partial charge in [-0.25, -0.2) is 4.39 Å². The standard InChI is InChI=1S/C13H14FN3O/c14-11-5-3-9(4-6-11)13-16-12(17-18-13)10-2-1-7-15-8-10/h3-6,10,15H,1-2,7-8H2. The number of hydrogen-bond donors (Lipinski definition) is 1. The van der Waals surface area contributed by atoms with Gasteiger partial charge in [-0.05, 0) is 43.7 Å². The lowest BCUT2D eigenvalue weighted by atomic mass is 9.99. The molecule has 5 heteroatoms. The van der Waals surface area contributed by atoms with Gasteiger partial charge >= 0.3 is 0 Å². The van der Waals surface area contributed by atoms with Crippen molar-refractivity contribution in [2.75, 3.05) is 13.1 Å². The fraction of sp³-hybridized carbons (Fsp3) is 0.385. The Morgan fingerprint density at radius 1 is 1.28 bits per heavy atom. The summed E-state index contributed by atoms with van der Waals surface area (Å²) < 4.78 is 18.1. The summed E-state index contributed by atoms with van der Waals surface area (Å²) in [6, 6.07) is 6.07. The van der Waals surface area contributed by atoms with E-state index in [1.807, 2.05) is 0 Å². The maximum absolute atomic E-state index is 12.8. The third-order valence-corrected chi connectivity index (χ3v) is 3.19. The van der Waals surface area contributed by atoms with E-state index in [1.54, 1.807) is 12.1 Å². The summed E-state index contributed by atoms with van der Waals surface area (Å²) in [6.07, 6.45) is 2.21. The molecule has 1 aliphatic rings. The third-order valence-electron chi connectivity index (χ3n) is 3.19. The summed E-state index contributed by atoms with van der Waals surface area (Å²) >= 11 is 0. The Bertz CT molecular complexity index is 517. The topological polar surface area (TPSA) is 51.0 Å². The molecule has 94 valence electrons. The van der Waals surface area contributed by atoms with Crippen LogP contribution < -0.4 is 5.32 Å². The van der Waals surface area contributed by atoms with Gasteiger partial charge in [-0.1, -0.05) is 5.16 Å². The molecule has 2 heterocycles. The molecule has 4 nitrogen and oxygen atoms in total. The lowest BCUT2D eigenvalue weighted by Gasteiger charge is -2.19. The minimum Gasteiger partial charge on any atom is -0.334 e. The van der Waals surface area contributed by atoms with Crippen molar-refractivity contribution in [3.8, 4) is 11.5 Å². The van der Waals surface area contributed by atoms with Crippen molar-refractivity contribution < 1.29 is 8.91 Å². The van der Waals surface area contributed by atoms with Gasteiger partial charge < -0.3 is 9.84 Å². The zero-order valence-corrected chi connectivity index (χ0v) is 9.90. The smallest absolute Gasteiger partial charge is 0.257 e. The minimum atomic E-state index is -0.269. The highest BCUT2D eigenvalue weighted by atomic mass is 19.1. The van der Waals surface area contributed by atoms with Crippen molar-refractivity contribution in [2.24, 2.45) is 0 Å². The number of aromatic nitrogens is 2. The van der Waals surface area contributed by atoms with Gasteiger partial charge in [0.25, 0.3) is 5.89 Å². The minimum absolute atomic E-state index is 0.269. The van der Waals surface area contributed by atoms with E-state index in [-0.39, 0.29) is 5.82 Å². The molecule has 0 radical (unpaired) electrons. The first kappa shape index (κ1) is 11.3. The zero-order valence-electron chi connectivity index (χ0n) is 9.90. The molecule has 18 heavy (non-hydrogen) atoms. The first-order valence-corrected chi connectivity index (χ1v) is 6.13. The van der Waals surface area contributed by atoms with Gasteiger partial charge in [-0.3, -0.25) is 0 Å². The van der Waals surface area contributed by atoms with Gasteiger partial charge in [0, 0.05) is 18.0 Å². The van der Waals surface area contributed by atoms with E-state index in [0.29, 0.717) is 11.8 Å².